The molecule has 0 aromatic carbocycles. The molecule has 0 amide bonds. The van der Waals surface area contributed by atoms with E-state index in [0.29, 0.717) is 6.04 Å². The maximum absolute atomic E-state index is 5.29. The highest BCUT2D eigenvalue weighted by molar-refractivity contribution is 4.81. The van der Waals surface area contributed by atoms with Gasteiger partial charge in [0.25, 0.3) is 0 Å². The van der Waals surface area contributed by atoms with Crippen molar-refractivity contribution in [3.8, 4) is 0 Å². The Balaban J connectivity index is 1.97. The molecular weight excluding hydrogens is 150 g/mol. The highest BCUT2D eigenvalue weighted by Gasteiger charge is 2.14. The summed E-state index contributed by atoms with van der Waals surface area (Å²) in [5, 5.41) is 3.39. The molecule has 0 radical (unpaired) electrons. The molecule has 2 heteroatoms. The largest absolute Gasteiger partial charge is 0.381 e. The molecule has 1 aliphatic rings. The minimum absolute atomic E-state index is 0.437. The molecule has 0 aromatic heterocycles. The smallest absolute Gasteiger partial charge is 0.0495 e. The van der Waals surface area contributed by atoms with Crippen molar-refractivity contribution in [2.75, 3.05) is 19.8 Å². The molecule has 70 valence electrons. The van der Waals surface area contributed by atoms with Gasteiger partial charge in [-0.05, 0) is 32.2 Å². The van der Waals surface area contributed by atoms with Crippen LogP contribution in [0, 0.1) is 5.92 Å². The van der Waals surface area contributed by atoms with Crippen molar-refractivity contribution in [1.29, 1.82) is 0 Å². The highest BCUT2D eigenvalue weighted by atomic mass is 16.5. The summed E-state index contributed by atoms with van der Waals surface area (Å²) < 4.78 is 5.29. The van der Waals surface area contributed by atoms with Gasteiger partial charge in [0.2, 0.25) is 0 Å². The van der Waals surface area contributed by atoms with Gasteiger partial charge in [-0.2, -0.15) is 0 Å². The van der Waals surface area contributed by atoms with Crippen molar-refractivity contribution in [3.05, 3.63) is 12.7 Å². The second-order valence-electron chi connectivity index (χ2n) is 3.50. The van der Waals surface area contributed by atoms with Gasteiger partial charge < -0.3 is 10.1 Å². The van der Waals surface area contributed by atoms with Crippen molar-refractivity contribution >= 4 is 0 Å². The fraction of sp³-hybridized carbons (Fsp3) is 0.800. The van der Waals surface area contributed by atoms with Crippen LogP contribution in [0.1, 0.15) is 19.8 Å². The summed E-state index contributed by atoms with van der Waals surface area (Å²) in [5.41, 5.74) is 0. The van der Waals surface area contributed by atoms with E-state index in [2.05, 4.69) is 18.8 Å². The molecule has 0 bridgehead atoms. The molecule has 2 atom stereocenters. The number of hydrogen-bond donors (Lipinski definition) is 1. The lowest BCUT2D eigenvalue weighted by molar-refractivity contribution is 0.184. The average molecular weight is 169 g/mol. The molecule has 2 nitrogen and oxygen atoms in total. The predicted molar refractivity (Wildman–Crippen MR) is 51.2 cm³/mol. The Morgan fingerprint density at radius 1 is 1.75 bits per heavy atom. The van der Waals surface area contributed by atoms with Crippen LogP contribution in [0.15, 0.2) is 12.7 Å². The third-order valence-corrected chi connectivity index (χ3v) is 2.40. The highest BCUT2D eigenvalue weighted by Crippen LogP contribution is 2.15. The van der Waals surface area contributed by atoms with Crippen LogP contribution in [0.3, 0.4) is 0 Å². The van der Waals surface area contributed by atoms with E-state index in [-0.39, 0.29) is 0 Å². The van der Waals surface area contributed by atoms with Gasteiger partial charge in [-0.25, -0.2) is 0 Å². The van der Waals surface area contributed by atoms with Crippen LogP contribution in [-0.2, 0) is 4.74 Å². The summed E-state index contributed by atoms with van der Waals surface area (Å²) in [6.45, 7) is 8.85. The van der Waals surface area contributed by atoms with E-state index in [0.717, 1.165) is 25.7 Å². The summed E-state index contributed by atoms with van der Waals surface area (Å²) >= 11 is 0. The lowest BCUT2D eigenvalue weighted by Gasteiger charge is -2.11. The van der Waals surface area contributed by atoms with E-state index in [9.17, 15) is 0 Å². The topological polar surface area (TPSA) is 21.3 Å². The van der Waals surface area contributed by atoms with Gasteiger partial charge in [0.1, 0.15) is 0 Å². The van der Waals surface area contributed by atoms with E-state index in [1.165, 1.54) is 12.8 Å². The third kappa shape index (κ3) is 3.37. The zero-order valence-corrected chi connectivity index (χ0v) is 7.88. The first-order valence-corrected chi connectivity index (χ1v) is 4.76. The maximum atomic E-state index is 5.29. The third-order valence-electron chi connectivity index (χ3n) is 2.40. The molecule has 0 saturated carbocycles. The standard InChI is InChI=1S/C10H19NO/c1-3-9(2)11-6-4-10-5-7-12-8-10/h3,9-11H,1,4-8H2,2H3. The Labute approximate surface area is 75.0 Å². The zero-order chi connectivity index (χ0) is 8.81. The van der Waals surface area contributed by atoms with Crippen molar-refractivity contribution < 1.29 is 4.74 Å². The van der Waals surface area contributed by atoms with Gasteiger partial charge in [-0.1, -0.05) is 6.08 Å². The summed E-state index contributed by atoms with van der Waals surface area (Å²) in [5.74, 6) is 0.787. The van der Waals surface area contributed by atoms with Crippen molar-refractivity contribution in [1.82, 2.24) is 5.32 Å². The van der Waals surface area contributed by atoms with Gasteiger partial charge in [-0.15, -0.1) is 6.58 Å². The Hall–Kier alpha value is -0.340. The van der Waals surface area contributed by atoms with Crippen molar-refractivity contribution in [3.63, 3.8) is 0 Å². The van der Waals surface area contributed by atoms with Crippen LogP contribution in [0.25, 0.3) is 0 Å². The Kier molecular flexibility index (Phi) is 4.33. The van der Waals surface area contributed by atoms with E-state index in [4.69, 9.17) is 4.74 Å². The molecule has 0 spiro atoms. The lowest BCUT2D eigenvalue weighted by Crippen LogP contribution is -2.26. The molecule has 0 aromatic rings. The Bertz CT molecular complexity index is 130. The fourth-order valence-electron chi connectivity index (χ4n) is 1.41. The van der Waals surface area contributed by atoms with Gasteiger partial charge >= 0.3 is 0 Å². The van der Waals surface area contributed by atoms with Crippen LogP contribution in [0.4, 0.5) is 0 Å². The first-order chi connectivity index (χ1) is 5.83. The zero-order valence-electron chi connectivity index (χ0n) is 7.88. The minimum atomic E-state index is 0.437. The summed E-state index contributed by atoms with van der Waals surface area (Å²) in [6.07, 6.45) is 4.41. The Morgan fingerprint density at radius 2 is 2.58 bits per heavy atom. The average Bonchev–Trinajstić information content (AvgIpc) is 2.57. The van der Waals surface area contributed by atoms with Crippen molar-refractivity contribution in [2.24, 2.45) is 5.92 Å². The molecule has 0 aliphatic carbocycles. The van der Waals surface area contributed by atoms with Gasteiger partial charge in [0.15, 0.2) is 0 Å². The number of nitrogens with one attached hydrogen (secondary N) is 1. The quantitative estimate of drug-likeness (QED) is 0.631. The van der Waals surface area contributed by atoms with Gasteiger partial charge in [-0.3, -0.25) is 0 Å². The molecule has 1 fully saturated rings. The number of hydrogen-bond acceptors (Lipinski definition) is 2. The van der Waals surface area contributed by atoms with E-state index in [1.54, 1.807) is 0 Å². The molecule has 1 N–H and O–H groups in total. The summed E-state index contributed by atoms with van der Waals surface area (Å²) in [4.78, 5) is 0. The molecule has 1 rings (SSSR count). The Morgan fingerprint density at radius 3 is 3.17 bits per heavy atom. The number of ether oxygens (including phenoxy) is 1. The van der Waals surface area contributed by atoms with Crippen molar-refractivity contribution in [2.45, 2.75) is 25.8 Å². The van der Waals surface area contributed by atoms with Crippen LogP contribution in [0.2, 0.25) is 0 Å². The lowest BCUT2D eigenvalue weighted by atomic mass is 10.1. The summed E-state index contributed by atoms with van der Waals surface area (Å²) in [7, 11) is 0. The first kappa shape index (κ1) is 9.75. The molecule has 2 unspecified atom stereocenters. The van der Waals surface area contributed by atoms with E-state index in [1.807, 2.05) is 6.08 Å². The van der Waals surface area contributed by atoms with Crippen LogP contribution >= 0.6 is 0 Å². The SMILES string of the molecule is C=CC(C)NCCC1CCOC1. The van der Waals surface area contributed by atoms with Gasteiger partial charge in [0, 0.05) is 19.3 Å². The molecule has 1 aliphatic heterocycles. The molecule has 1 heterocycles. The fourth-order valence-corrected chi connectivity index (χ4v) is 1.41. The van der Waals surface area contributed by atoms with Crippen LogP contribution in [-0.4, -0.2) is 25.8 Å². The predicted octanol–water partition coefficient (Wildman–Crippen LogP) is 1.58. The van der Waals surface area contributed by atoms with Crippen LogP contribution < -0.4 is 5.32 Å². The monoisotopic (exact) mass is 169 g/mol. The normalized spacial score (nSPS) is 25.6. The number of rotatable bonds is 5. The van der Waals surface area contributed by atoms with E-state index < -0.39 is 0 Å². The first-order valence-electron chi connectivity index (χ1n) is 4.76. The van der Waals surface area contributed by atoms with E-state index >= 15 is 0 Å². The minimum Gasteiger partial charge on any atom is -0.381 e. The molecule has 12 heavy (non-hydrogen) atoms. The molecule has 1 saturated heterocycles. The van der Waals surface area contributed by atoms with Crippen LogP contribution in [0.5, 0.6) is 0 Å². The molecular formula is C10H19NO. The summed E-state index contributed by atoms with van der Waals surface area (Å²) in [6, 6.07) is 0.437. The van der Waals surface area contributed by atoms with Gasteiger partial charge in [0.05, 0.1) is 0 Å². The maximum Gasteiger partial charge on any atom is 0.0495 e. The second-order valence-corrected chi connectivity index (χ2v) is 3.50. The second kappa shape index (κ2) is 5.33.